The van der Waals surface area contributed by atoms with E-state index in [2.05, 4.69) is 35.2 Å². The van der Waals surface area contributed by atoms with Crippen molar-refractivity contribution in [1.29, 1.82) is 0 Å². The summed E-state index contributed by atoms with van der Waals surface area (Å²) < 4.78 is 5.17. The minimum Gasteiger partial charge on any atom is -0.380 e. The minimum atomic E-state index is 0.167. The van der Waals surface area contributed by atoms with Gasteiger partial charge >= 0.3 is 0 Å². The Bertz CT molecular complexity index is 416. The zero-order valence-electron chi connectivity index (χ0n) is 12.4. The van der Waals surface area contributed by atoms with Crippen LogP contribution in [0.2, 0.25) is 0 Å². The average Bonchev–Trinajstić information content (AvgIpc) is 2.50. The van der Waals surface area contributed by atoms with Crippen LogP contribution in [-0.2, 0) is 4.74 Å². The highest BCUT2D eigenvalue weighted by Gasteiger charge is 2.12. The van der Waals surface area contributed by atoms with Gasteiger partial charge in [0.1, 0.15) is 0 Å². The highest BCUT2D eigenvalue weighted by Crippen LogP contribution is 2.17. The van der Waals surface area contributed by atoms with Gasteiger partial charge in [-0.2, -0.15) is 0 Å². The van der Waals surface area contributed by atoms with Crippen LogP contribution in [0.3, 0.4) is 0 Å². The molecule has 1 aliphatic rings. The van der Waals surface area contributed by atoms with Crippen LogP contribution in [0.15, 0.2) is 42.0 Å². The van der Waals surface area contributed by atoms with E-state index in [9.17, 15) is 0 Å². The molecule has 0 bridgehead atoms. The van der Waals surface area contributed by atoms with E-state index in [-0.39, 0.29) is 6.04 Å². The molecule has 2 N–H and O–H groups in total. The number of hydrogen-bond acceptors (Lipinski definition) is 3. The number of nitrogens with zero attached hydrogens (tertiary/aromatic N) is 1. The van der Waals surface area contributed by atoms with Crippen molar-refractivity contribution in [2.75, 3.05) is 33.4 Å². The molecule has 1 aromatic carbocycles. The SMILES string of the molecule is COCC1=CCN(CCCC(N)c2ccccc2)CC1. The molecular weight excluding hydrogens is 248 g/mol. The molecule has 0 saturated carbocycles. The predicted octanol–water partition coefficient (Wildman–Crippen LogP) is 2.75. The summed E-state index contributed by atoms with van der Waals surface area (Å²) in [5, 5.41) is 0. The highest BCUT2D eigenvalue weighted by molar-refractivity contribution is 5.18. The number of methoxy groups -OCH3 is 1. The minimum absolute atomic E-state index is 0.167. The Morgan fingerprint density at radius 1 is 1.30 bits per heavy atom. The molecule has 1 atom stereocenters. The monoisotopic (exact) mass is 274 g/mol. The molecule has 1 unspecified atom stereocenters. The molecule has 2 rings (SSSR count). The van der Waals surface area contributed by atoms with Crippen molar-refractivity contribution >= 4 is 0 Å². The van der Waals surface area contributed by atoms with Gasteiger partial charge in [0.05, 0.1) is 6.61 Å². The molecule has 0 amide bonds. The Kier molecular flexibility index (Phi) is 6.25. The maximum absolute atomic E-state index is 6.23. The van der Waals surface area contributed by atoms with Gasteiger partial charge < -0.3 is 10.5 Å². The first-order valence-electron chi connectivity index (χ1n) is 7.49. The molecule has 0 fully saturated rings. The Hall–Kier alpha value is -1.16. The highest BCUT2D eigenvalue weighted by atomic mass is 16.5. The van der Waals surface area contributed by atoms with Crippen LogP contribution in [0.4, 0.5) is 0 Å². The Morgan fingerprint density at radius 2 is 2.10 bits per heavy atom. The number of benzene rings is 1. The van der Waals surface area contributed by atoms with Crippen LogP contribution in [-0.4, -0.2) is 38.3 Å². The predicted molar refractivity (Wildman–Crippen MR) is 83.6 cm³/mol. The summed E-state index contributed by atoms with van der Waals surface area (Å²) in [6.45, 7) is 4.12. The van der Waals surface area contributed by atoms with Crippen LogP contribution in [0, 0.1) is 0 Å². The number of hydrogen-bond donors (Lipinski definition) is 1. The van der Waals surface area contributed by atoms with E-state index < -0.39 is 0 Å². The summed E-state index contributed by atoms with van der Waals surface area (Å²) in [6, 6.07) is 10.6. The van der Waals surface area contributed by atoms with Gasteiger partial charge in [0.25, 0.3) is 0 Å². The third kappa shape index (κ3) is 4.75. The van der Waals surface area contributed by atoms with Crippen molar-refractivity contribution in [3.8, 4) is 0 Å². The summed E-state index contributed by atoms with van der Waals surface area (Å²) in [5.74, 6) is 0. The number of rotatable bonds is 7. The van der Waals surface area contributed by atoms with E-state index >= 15 is 0 Å². The first-order valence-corrected chi connectivity index (χ1v) is 7.49. The normalized spacial score (nSPS) is 17.8. The maximum Gasteiger partial charge on any atom is 0.0673 e. The lowest BCUT2D eigenvalue weighted by atomic mass is 10.0. The van der Waals surface area contributed by atoms with Gasteiger partial charge in [-0.05, 0) is 36.9 Å². The average molecular weight is 274 g/mol. The first kappa shape index (κ1) is 15.2. The van der Waals surface area contributed by atoms with Gasteiger partial charge in [-0.3, -0.25) is 4.90 Å². The Morgan fingerprint density at radius 3 is 2.75 bits per heavy atom. The lowest BCUT2D eigenvalue weighted by molar-refractivity contribution is 0.210. The van der Waals surface area contributed by atoms with Crippen LogP contribution in [0.25, 0.3) is 0 Å². The smallest absolute Gasteiger partial charge is 0.0673 e. The molecular formula is C17H26N2O. The molecule has 0 spiro atoms. The molecule has 1 aliphatic heterocycles. The fourth-order valence-corrected chi connectivity index (χ4v) is 2.67. The van der Waals surface area contributed by atoms with E-state index in [0.29, 0.717) is 0 Å². The summed E-state index contributed by atoms with van der Waals surface area (Å²) >= 11 is 0. The van der Waals surface area contributed by atoms with Crippen molar-refractivity contribution in [3.05, 3.63) is 47.5 Å². The molecule has 1 aromatic rings. The Balaban J connectivity index is 1.67. The number of nitrogens with two attached hydrogens (primary N) is 1. The van der Waals surface area contributed by atoms with Gasteiger partial charge in [-0.15, -0.1) is 0 Å². The third-order valence-corrected chi connectivity index (χ3v) is 3.93. The second-order valence-corrected chi connectivity index (χ2v) is 5.51. The fraction of sp³-hybridized carbons (Fsp3) is 0.529. The second kappa shape index (κ2) is 8.20. The summed E-state index contributed by atoms with van der Waals surface area (Å²) in [7, 11) is 1.76. The van der Waals surface area contributed by atoms with E-state index in [4.69, 9.17) is 10.5 Å². The molecule has 3 nitrogen and oxygen atoms in total. The lowest BCUT2D eigenvalue weighted by Gasteiger charge is -2.26. The molecule has 0 radical (unpaired) electrons. The molecule has 110 valence electrons. The molecule has 1 heterocycles. The summed E-state index contributed by atoms with van der Waals surface area (Å²) in [5.41, 5.74) is 8.90. The molecule has 0 saturated heterocycles. The van der Waals surface area contributed by atoms with Gasteiger partial charge in [0.15, 0.2) is 0 Å². The third-order valence-electron chi connectivity index (χ3n) is 3.93. The van der Waals surface area contributed by atoms with Crippen LogP contribution in [0.5, 0.6) is 0 Å². The van der Waals surface area contributed by atoms with Gasteiger partial charge in [-0.1, -0.05) is 36.4 Å². The molecule has 0 aromatic heterocycles. The topological polar surface area (TPSA) is 38.5 Å². The molecule has 3 heteroatoms. The molecule has 0 aliphatic carbocycles. The standard InChI is InChI=1S/C17H26N2O/c1-20-14-15-9-12-19(13-10-15)11-5-8-17(18)16-6-3-2-4-7-16/h2-4,6-7,9,17H,5,8,10-14,18H2,1H3. The van der Waals surface area contributed by atoms with Crippen molar-refractivity contribution < 1.29 is 4.74 Å². The maximum atomic E-state index is 6.23. The van der Waals surface area contributed by atoms with Crippen molar-refractivity contribution in [2.24, 2.45) is 5.73 Å². The zero-order chi connectivity index (χ0) is 14.2. The fourth-order valence-electron chi connectivity index (χ4n) is 2.67. The van der Waals surface area contributed by atoms with Crippen molar-refractivity contribution in [1.82, 2.24) is 4.90 Å². The van der Waals surface area contributed by atoms with Crippen molar-refractivity contribution in [3.63, 3.8) is 0 Å². The Labute approximate surface area is 122 Å². The van der Waals surface area contributed by atoms with Crippen LogP contribution >= 0.6 is 0 Å². The van der Waals surface area contributed by atoms with E-state index in [0.717, 1.165) is 45.5 Å². The van der Waals surface area contributed by atoms with Crippen LogP contribution in [0.1, 0.15) is 30.9 Å². The van der Waals surface area contributed by atoms with Crippen LogP contribution < -0.4 is 5.73 Å². The largest absolute Gasteiger partial charge is 0.380 e. The van der Waals surface area contributed by atoms with Gasteiger partial charge in [-0.25, -0.2) is 0 Å². The second-order valence-electron chi connectivity index (χ2n) is 5.51. The number of ether oxygens (including phenoxy) is 1. The summed E-state index contributed by atoms with van der Waals surface area (Å²) in [4.78, 5) is 2.50. The van der Waals surface area contributed by atoms with Crippen molar-refractivity contribution in [2.45, 2.75) is 25.3 Å². The van der Waals surface area contributed by atoms with E-state index in [1.165, 1.54) is 11.1 Å². The van der Waals surface area contributed by atoms with E-state index in [1.54, 1.807) is 7.11 Å². The molecule has 20 heavy (non-hydrogen) atoms. The quantitative estimate of drug-likeness (QED) is 0.777. The summed E-state index contributed by atoms with van der Waals surface area (Å²) in [6.07, 6.45) is 5.65. The first-order chi connectivity index (χ1) is 9.79. The van der Waals surface area contributed by atoms with Gasteiger partial charge in [0.2, 0.25) is 0 Å². The van der Waals surface area contributed by atoms with E-state index in [1.807, 2.05) is 6.07 Å². The lowest BCUT2D eigenvalue weighted by Crippen LogP contribution is -2.30. The van der Waals surface area contributed by atoms with Gasteiger partial charge in [0, 0.05) is 26.2 Å². The zero-order valence-corrected chi connectivity index (χ0v) is 12.4.